The molecule has 1 saturated heterocycles. The normalized spacial score (nSPS) is 26.4. The zero-order valence-electron chi connectivity index (χ0n) is 11.2. The van der Waals surface area contributed by atoms with Crippen LogP contribution in [0.4, 0.5) is 0 Å². The van der Waals surface area contributed by atoms with Crippen molar-refractivity contribution in [2.45, 2.75) is 25.2 Å². The molecule has 1 aliphatic heterocycles. The van der Waals surface area contributed by atoms with Gasteiger partial charge in [0.2, 0.25) is 0 Å². The number of phenols is 1. The highest BCUT2D eigenvalue weighted by Crippen LogP contribution is 2.31. The fourth-order valence-corrected chi connectivity index (χ4v) is 2.58. The van der Waals surface area contributed by atoms with Crippen LogP contribution in [-0.2, 0) is 9.47 Å². The van der Waals surface area contributed by atoms with Crippen LogP contribution < -0.4 is 0 Å². The maximum absolute atomic E-state index is 9.90. The fraction of sp³-hybridized carbons (Fsp3) is 0.571. The Kier molecular flexibility index (Phi) is 4.22. The third-order valence-corrected chi connectivity index (χ3v) is 3.78. The summed E-state index contributed by atoms with van der Waals surface area (Å²) in [4.78, 5) is 2.28. The Morgan fingerprint density at radius 1 is 1.17 bits per heavy atom. The molecule has 1 aromatic rings. The monoisotopic (exact) mass is 251 g/mol. The quantitative estimate of drug-likeness (QED) is 0.886. The maximum atomic E-state index is 9.90. The third-order valence-electron chi connectivity index (χ3n) is 3.78. The predicted molar refractivity (Wildman–Crippen MR) is 69.7 cm³/mol. The van der Waals surface area contributed by atoms with E-state index in [1.165, 1.54) is 0 Å². The lowest BCUT2D eigenvalue weighted by Crippen LogP contribution is -2.27. The van der Waals surface area contributed by atoms with E-state index in [2.05, 4.69) is 11.8 Å². The van der Waals surface area contributed by atoms with Crippen molar-refractivity contribution in [1.82, 2.24) is 4.90 Å². The molecule has 3 unspecified atom stereocenters. The van der Waals surface area contributed by atoms with Gasteiger partial charge in [0.1, 0.15) is 5.75 Å². The number of hydrogen-bond donors (Lipinski definition) is 1. The lowest BCUT2D eigenvalue weighted by atomic mass is 10.1. The predicted octanol–water partition coefficient (Wildman–Crippen LogP) is 1.80. The van der Waals surface area contributed by atoms with Gasteiger partial charge in [-0.15, -0.1) is 0 Å². The number of nitrogens with zero attached hydrogens (tertiary/aromatic N) is 1. The topological polar surface area (TPSA) is 41.9 Å². The van der Waals surface area contributed by atoms with E-state index in [9.17, 15) is 5.11 Å². The van der Waals surface area contributed by atoms with Crippen LogP contribution >= 0.6 is 0 Å². The van der Waals surface area contributed by atoms with Crippen LogP contribution in [0, 0.1) is 0 Å². The number of aromatic hydroxyl groups is 1. The third kappa shape index (κ3) is 2.51. The molecule has 1 fully saturated rings. The largest absolute Gasteiger partial charge is 0.508 e. The number of methoxy groups -OCH3 is 2. The van der Waals surface area contributed by atoms with Gasteiger partial charge in [-0.3, -0.25) is 4.90 Å². The van der Waals surface area contributed by atoms with Crippen LogP contribution in [0.2, 0.25) is 0 Å². The molecule has 0 spiro atoms. The van der Waals surface area contributed by atoms with Gasteiger partial charge in [-0.1, -0.05) is 18.2 Å². The molecule has 0 radical (unpaired) electrons. The Bertz CT molecular complexity index is 384. The zero-order chi connectivity index (χ0) is 13.1. The number of phenolic OH excluding ortho intramolecular Hbond substituents is 1. The summed E-state index contributed by atoms with van der Waals surface area (Å²) in [6.45, 7) is 3.74. The highest BCUT2D eigenvalue weighted by molar-refractivity contribution is 5.34. The summed E-state index contributed by atoms with van der Waals surface area (Å²) in [7, 11) is 3.43. The molecule has 1 aliphatic rings. The zero-order valence-corrected chi connectivity index (χ0v) is 11.2. The van der Waals surface area contributed by atoms with Gasteiger partial charge in [0.25, 0.3) is 0 Å². The Labute approximate surface area is 108 Å². The van der Waals surface area contributed by atoms with Crippen molar-refractivity contribution in [3.63, 3.8) is 0 Å². The molecule has 18 heavy (non-hydrogen) atoms. The maximum Gasteiger partial charge on any atom is 0.120 e. The summed E-state index contributed by atoms with van der Waals surface area (Å²) >= 11 is 0. The van der Waals surface area contributed by atoms with Crippen molar-refractivity contribution >= 4 is 0 Å². The van der Waals surface area contributed by atoms with E-state index in [1.807, 2.05) is 18.2 Å². The molecule has 1 heterocycles. The number of ether oxygens (including phenoxy) is 2. The molecule has 1 N–H and O–H groups in total. The first-order valence-electron chi connectivity index (χ1n) is 6.25. The Hall–Kier alpha value is -1.10. The number of hydrogen-bond acceptors (Lipinski definition) is 4. The average Bonchev–Trinajstić information content (AvgIpc) is 2.81. The molecule has 0 bridgehead atoms. The smallest absolute Gasteiger partial charge is 0.120 e. The van der Waals surface area contributed by atoms with Crippen molar-refractivity contribution in [1.29, 1.82) is 0 Å². The highest BCUT2D eigenvalue weighted by Gasteiger charge is 2.35. The molecule has 2 rings (SSSR count). The molecule has 4 heteroatoms. The van der Waals surface area contributed by atoms with E-state index in [4.69, 9.17) is 9.47 Å². The van der Waals surface area contributed by atoms with Gasteiger partial charge in [0.15, 0.2) is 0 Å². The van der Waals surface area contributed by atoms with E-state index < -0.39 is 0 Å². The molecule has 1 aromatic carbocycles. The SMILES string of the molecule is COC1CN(C(C)c2ccccc2O)CC1OC. The van der Waals surface area contributed by atoms with Gasteiger partial charge < -0.3 is 14.6 Å². The van der Waals surface area contributed by atoms with E-state index in [0.29, 0.717) is 5.75 Å². The van der Waals surface area contributed by atoms with Gasteiger partial charge in [0.05, 0.1) is 12.2 Å². The molecular formula is C14H21NO3. The molecule has 0 aromatic heterocycles. The number of likely N-dealkylation sites (tertiary alicyclic amines) is 1. The van der Waals surface area contributed by atoms with E-state index >= 15 is 0 Å². The minimum absolute atomic E-state index is 0.100. The Morgan fingerprint density at radius 3 is 2.22 bits per heavy atom. The van der Waals surface area contributed by atoms with Crippen molar-refractivity contribution < 1.29 is 14.6 Å². The lowest BCUT2D eigenvalue weighted by molar-refractivity contribution is -0.00461. The minimum atomic E-state index is 0.100. The van der Waals surface area contributed by atoms with Crippen LogP contribution in [-0.4, -0.2) is 49.5 Å². The summed E-state index contributed by atoms with van der Waals surface area (Å²) in [5.41, 5.74) is 0.948. The van der Waals surface area contributed by atoms with E-state index in [0.717, 1.165) is 18.7 Å². The van der Waals surface area contributed by atoms with Crippen LogP contribution in [0.5, 0.6) is 5.75 Å². The molecular weight excluding hydrogens is 230 g/mol. The second-order valence-corrected chi connectivity index (χ2v) is 4.74. The van der Waals surface area contributed by atoms with Crippen molar-refractivity contribution in [2.24, 2.45) is 0 Å². The molecule has 0 amide bonds. The van der Waals surface area contributed by atoms with Crippen molar-refractivity contribution in [3.8, 4) is 5.75 Å². The Balaban J connectivity index is 2.11. The van der Waals surface area contributed by atoms with E-state index in [-0.39, 0.29) is 18.2 Å². The number of rotatable bonds is 4. The van der Waals surface area contributed by atoms with Gasteiger partial charge in [-0.2, -0.15) is 0 Å². The molecule has 0 aliphatic carbocycles. The van der Waals surface area contributed by atoms with Crippen LogP contribution in [0.15, 0.2) is 24.3 Å². The van der Waals surface area contributed by atoms with Gasteiger partial charge in [-0.25, -0.2) is 0 Å². The molecule has 100 valence electrons. The first-order chi connectivity index (χ1) is 8.67. The van der Waals surface area contributed by atoms with Crippen molar-refractivity contribution in [3.05, 3.63) is 29.8 Å². The van der Waals surface area contributed by atoms with Crippen LogP contribution in [0.1, 0.15) is 18.5 Å². The average molecular weight is 251 g/mol. The van der Waals surface area contributed by atoms with Crippen LogP contribution in [0.25, 0.3) is 0 Å². The first-order valence-corrected chi connectivity index (χ1v) is 6.25. The lowest BCUT2D eigenvalue weighted by Gasteiger charge is -2.24. The van der Waals surface area contributed by atoms with Gasteiger partial charge in [-0.05, 0) is 13.0 Å². The first kappa shape index (κ1) is 13.3. The minimum Gasteiger partial charge on any atom is -0.508 e. The van der Waals surface area contributed by atoms with Gasteiger partial charge in [0, 0.05) is 38.9 Å². The van der Waals surface area contributed by atoms with Crippen molar-refractivity contribution in [2.75, 3.05) is 27.3 Å². The van der Waals surface area contributed by atoms with Crippen LogP contribution in [0.3, 0.4) is 0 Å². The molecule has 0 saturated carbocycles. The molecule has 3 atom stereocenters. The number of para-hydroxylation sites is 1. The second-order valence-electron chi connectivity index (χ2n) is 4.74. The standard InChI is InChI=1S/C14H21NO3/c1-10(11-6-4-5-7-12(11)16)15-8-13(17-2)14(9-15)18-3/h4-7,10,13-14,16H,8-9H2,1-3H3. The highest BCUT2D eigenvalue weighted by atomic mass is 16.5. The van der Waals surface area contributed by atoms with Gasteiger partial charge >= 0.3 is 0 Å². The summed E-state index contributed by atoms with van der Waals surface area (Å²) in [5.74, 6) is 0.347. The summed E-state index contributed by atoms with van der Waals surface area (Å²) in [6, 6.07) is 7.63. The Morgan fingerprint density at radius 2 is 1.72 bits per heavy atom. The molecule has 4 nitrogen and oxygen atoms in total. The summed E-state index contributed by atoms with van der Waals surface area (Å²) in [6.07, 6.45) is 0.201. The van der Waals surface area contributed by atoms with E-state index in [1.54, 1.807) is 20.3 Å². The number of benzene rings is 1. The fourth-order valence-electron chi connectivity index (χ4n) is 2.58. The summed E-state index contributed by atoms with van der Waals surface area (Å²) in [5, 5.41) is 9.90. The second kappa shape index (κ2) is 5.69. The summed E-state index contributed by atoms with van der Waals surface area (Å²) < 4.78 is 10.9.